The Morgan fingerprint density at radius 3 is 2.44 bits per heavy atom. The summed E-state index contributed by atoms with van der Waals surface area (Å²) in [5.41, 5.74) is 1.17. The van der Waals surface area contributed by atoms with E-state index in [-0.39, 0.29) is 17.8 Å². The zero-order valence-corrected chi connectivity index (χ0v) is 12.5. The summed E-state index contributed by atoms with van der Waals surface area (Å²) < 4.78 is 5.16. The number of ether oxygens (including phenoxy) is 1. The van der Waals surface area contributed by atoms with Gasteiger partial charge in [-0.2, -0.15) is 0 Å². The number of hydrogen-bond donors (Lipinski definition) is 0. The maximum atomic E-state index is 11.1. The first kappa shape index (κ1) is 17.2. The number of esters is 1. The molecule has 2 atom stereocenters. The molecular formula is C15H25ClO2. The second-order valence-electron chi connectivity index (χ2n) is 5.12. The van der Waals surface area contributed by atoms with Crippen molar-refractivity contribution in [3.63, 3.8) is 0 Å². The molecule has 0 aromatic rings. The Bertz CT molecular complexity index is 284. The highest BCUT2D eigenvalue weighted by atomic mass is 35.5. The van der Waals surface area contributed by atoms with Crippen molar-refractivity contribution >= 4 is 17.6 Å². The molecule has 0 aromatic carbocycles. The van der Waals surface area contributed by atoms with Crippen molar-refractivity contribution in [3.05, 3.63) is 24.8 Å². The van der Waals surface area contributed by atoms with Crippen LogP contribution in [0.25, 0.3) is 0 Å². The lowest BCUT2D eigenvalue weighted by Crippen LogP contribution is -2.26. The molecule has 0 bridgehead atoms. The molecule has 0 saturated carbocycles. The standard InChI is InChI=1S/C15H25ClO2/c1-6-13(8-7-11(2)3)14(12(4)5)10-18-15(17)9-16/h6,12-14H,1-2,7-10H2,3-5H3. The highest BCUT2D eigenvalue weighted by Crippen LogP contribution is 2.27. The number of carbonyl (C=O) groups excluding carboxylic acids is 1. The number of carbonyl (C=O) groups is 1. The van der Waals surface area contributed by atoms with Crippen LogP contribution in [0.1, 0.15) is 33.6 Å². The minimum atomic E-state index is -0.356. The van der Waals surface area contributed by atoms with Crippen molar-refractivity contribution < 1.29 is 9.53 Å². The summed E-state index contributed by atoms with van der Waals surface area (Å²) in [6, 6.07) is 0. The lowest BCUT2D eigenvalue weighted by Gasteiger charge is -2.27. The molecule has 0 aliphatic carbocycles. The van der Waals surface area contributed by atoms with E-state index in [9.17, 15) is 4.79 Å². The van der Waals surface area contributed by atoms with E-state index in [0.717, 1.165) is 12.8 Å². The van der Waals surface area contributed by atoms with Crippen LogP contribution in [-0.4, -0.2) is 18.5 Å². The summed E-state index contributed by atoms with van der Waals surface area (Å²) in [5.74, 6) is 0.611. The monoisotopic (exact) mass is 272 g/mol. The Labute approximate surface area is 116 Å². The van der Waals surface area contributed by atoms with Gasteiger partial charge in [0.1, 0.15) is 5.88 Å². The van der Waals surface area contributed by atoms with Crippen molar-refractivity contribution in [1.82, 2.24) is 0 Å². The summed E-state index contributed by atoms with van der Waals surface area (Å²) in [6.07, 6.45) is 3.94. The Hall–Kier alpha value is -0.760. The Balaban J connectivity index is 4.47. The van der Waals surface area contributed by atoms with Crippen molar-refractivity contribution in [2.24, 2.45) is 17.8 Å². The molecule has 0 saturated heterocycles. The van der Waals surface area contributed by atoms with Crippen LogP contribution in [0.4, 0.5) is 0 Å². The molecule has 0 fully saturated rings. The fraction of sp³-hybridized carbons (Fsp3) is 0.667. The van der Waals surface area contributed by atoms with E-state index in [1.807, 2.05) is 13.0 Å². The van der Waals surface area contributed by atoms with E-state index < -0.39 is 0 Å². The molecule has 0 amide bonds. The highest BCUT2D eigenvalue weighted by molar-refractivity contribution is 6.26. The molecule has 2 nitrogen and oxygen atoms in total. The first-order chi connectivity index (χ1) is 8.42. The van der Waals surface area contributed by atoms with Gasteiger partial charge in [-0.25, -0.2) is 0 Å². The fourth-order valence-electron chi connectivity index (χ4n) is 1.96. The van der Waals surface area contributed by atoms with Gasteiger partial charge < -0.3 is 4.74 Å². The molecule has 0 aromatic heterocycles. The van der Waals surface area contributed by atoms with Crippen LogP contribution in [0.5, 0.6) is 0 Å². The smallest absolute Gasteiger partial charge is 0.320 e. The SMILES string of the molecule is C=CC(CCC(=C)C)C(COC(=O)CCl)C(C)C. The fourth-order valence-corrected chi connectivity index (χ4v) is 2.04. The number of allylic oxidation sites excluding steroid dienone is 2. The molecule has 0 radical (unpaired) electrons. The van der Waals surface area contributed by atoms with Crippen molar-refractivity contribution in [2.75, 3.05) is 12.5 Å². The quantitative estimate of drug-likeness (QED) is 0.357. The number of alkyl halides is 1. The molecule has 104 valence electrons. The summed E-state index contributed by atoms with van der Waals surface area (Å²) in [5, 5.41) is 0. The van der Waals surface area contributed by atoms with E-state index in [1.54, 1.807) is 0 Å². The third-order valence-corrected chi connectivity index (χ3v) is 3.38. The van der Waals surface area contributed by atoms with E-state index in [4.69, 9.17) is 16.3 Å². The maximum absolute atomic E-state index is 11.1. The predicted molar refractivity (Wildman–Crippen MR) is 77.7 cm³/mol. The molecule has 2 unspecified atom stereocenters. The van der Waals surface area contributed by atoms with Gasteiger partial charge in [0.2, 0.25) is 0 Å². The third kappa shape index (κ3) is 6.85. The second-order valence-corrected chi connectivity index (χ2v) is 5.39. The van der Waals surface area contributed by atoms with Gasteiger partial charge in [0.05, 0.1) is 6.61 Å². The first-order valence-electron chi connectivity index (χ1n) is 6.40. The average Bonchev–Trinajstić information content (AvgIpc) is 2.31. The van der Waals surface area contributed by atoms with Gasteiger partial charge in [-0.15, -0.1) is 24.8 Å². The van der Waals surface area contributed by atoms with Gasteiger partial charge in [0, 0.05) is 5.92 Å². The summed E-state index contributed by atoms with van der Waals surface area (Å²) >= 11 is 5.42. The largest absolute Gasteiger partial charge is 0.464 e. The lowest BCUT2D eigenvalue weighted by molar-refractivity contribution is -0.142. The van der Waals surface area contributed by atoms with Crippen LogP contribution in [0.3, 0.4) is 0 Å². The minimum Gasteiger partial charge on any atom is -0.464 e. The van der Waals surface area contributed by atoms with Gasteiger partial charge in [-0.05, 0) is 31.6 Å². The zero-order valence-electron chi connectivity index (χ0n) is 11.7. The van der Waals surface area contributed by atoms with Crippen LogP contribution >= 0.6 is 11.6 Å². The first-order valence-corrected chi connectivity index (χ1v) is 6.94. The molecule has 0 aliphatic rings. The molecule has 0 N–H and O–H groups in total. The normalized spacial score (nSPS) is 14.1. The lowest BCUT2D eigenvalue weighted by atomic mass is 9.81. The highest BCUT2D eigenvalue weighted by Gasteiger charge is 2.23. The maximum Gasteiger partial charge on any atom is 0.320 e. The van der Waals surface area contributed by atoms with Crippen LogP contribution in [0, 0.1) is 17.8 Å². The van der Waals surface area contributed by atoms with Gasteiger partial charge >= 0.3 is 5.97 Å². The predicted octanol–water partition coefficient (Wildman–Crippen LogP) is 4.20. The summed E-state index contributed by atoms with van der Waals surface area (Å²) in [7, 11) is 0. The summed E-state index contributed by atoms with van der Waals surface area (Å²) in [4.78, 5) is 11.1. The number of rotatable bonds is 9. The van der Waals surface area contributed by atoms with E-state index in [2.05, 4.69) is 27.0 Å². The number of hydrogen-bond acceptors (Lipinski definition) is 2. The molecule has 0 rings (SSSR count). The molecular weight excluding hydrogens is 248 g/mol. The van der Waals surface area contributed by atoms with Gasteiger partial charge in [0.15, 0.2) is 0 Å². The van der Waals surface area contributed by atoms with E-state index >= 15 is 0 Å². The van der Waals surface area contributed by atoms with Gasteiger partial charge in [0.25, 0.3) is 0 Å². The van der Waals surface area contributed by atoms with Crippen molar-refractivity contribution in [3.8, 4) is 0 Å². The molecule has 3 heteroatoms. The third-order valence-electron chi connectivity index (χ3n) is 3.16. The van der Waals surface area contributed by atoms with Crippen LogP contribution in [-0.2, 0) is 9.53 Å². The minimum absolute atomic E-state index is 0.0880. The molecule has 0 heterocycles. The molecule has 0 spiro atoms. The Morgan fingerprint density at radius 2 is 2.06 bits per heavy atom. The second kappa shape index (κ2) is 9.21. The van der Waals surface area contributed by atoms with Crippen LogP contribution < -0.4 is 0 Å². The average molecular weight is 273 g/mol. The molecule has 18 heavy (non-hydrogen) atoms. The Kier molecular flexibility index (Phi) is 8.82. The topological polar surface area (TPSA) is 26.3 Å². The van der Waals surface area contributed by atoms with Gasteiger partial charge in [-0.1, -0.05) is 25.5 Å². The van der Waals surface area contributed by atoms with Gasteiger partial charge in [-0.3, -0.25) is 4.79 Å². The zero-order chi connectivity index (χ0) is 14.1. The van der Waals surface area contributed by atoms with E-state index in [0.29, 0.717) is 18.4 Å². The Morgan fingerprint density at radius 1 is 1.44 bits per heavy atom. The van der Waals surface area contributed by atoms with Crippen molar-refractivity contribution in [1.29, 1.82) is 0 Å². The molecule has 0 aliphatic heterocycles. The van der Waals surface area contributed by atoms with E-state index in [1.165, 1.54) is 5.57 Å². The van der Waals surface area contributed by atoms with Crippen LogP contribution in [0.2, 0.25) is 0 Å². The van der Waals surface area contributed by atoms with Crippen LogP contribution in [0.15, 0.2) is 24.8 Å². The summed E-state index contributed by atoms with van der Waals surface area (Å²) in [6.45, 7) is 14.5. The van der Waals surface area contributed by atoms with Crippen molar-refractivity contribution in [2.45, 2.75) is 33.6 Å². The number of halogens is 1.